The molecule has 5 nitrogen and oxygen atoms in total. The minimum absolute atomic E-state index is 0.348. The van der Waals surface area contributed by atoms with Crippen LogP contribution >= 0.6 is 0 Å². The fourth-order valence-electron chi connectivity index (χ4n) is 4.94. The van der Waals surface area contributed by atoms with Crippen LogP contribution in [0.2, 0.25) is 0 Å². The second-order valence-corrected chi connectivity index (χ2v) is 9.37. The highest BCUT2D eigenvalue weighted by Gasteiger charge is 2.40. The first-order valence-electron chi connectivity index (χ1n) is 12.1. The Labute approximate surface area is 212 Å². The number of piperidine rings is 1. The van der Waals surface area contributed by atoms with Crippen molar-refractivity contribution in [1.82, 2.24) is 9.88 Å². The van der Waals surface area contributed by atoms with Crippen molar-refractivity contribution in [3.63, 3.8) is 0 Å². The number of rotatable bonds is 9. The lowest BCUT2D eigenvalue weighted by Gasteiger charge is -2.38. The predicted octanol–water partition coefficient (Wildman–Crippen LogP) is 6.00. The first-order chi connectivity index (χ1) is 17.7. The SMILES string of the molecule is COc1ccc2ncc(F)c(CCCC3(C(=O)O)CCN(C/C=C/c4c(F)ccc(F)c4F)CC3)c2c1. The lowest BCUT2D eigenvalue weighted by Crippen LogP contribution is -2.44. The smallest absolute Gasteiger partial charge is 0.309 e. The summed E-state index contributed by atoms with van der Waals surface area (Å²) < 4.78 is 60.9. The van der Waals surface area contributed by atoms with Crippen molar-refractivity contribution >= 4 is 22.9 Å². The Morgan fingerprint density at radius 1 is 1.11 bits per heavy atom. The van der Waals surface area contributed by atoms with E-state index in [2.05, 4.69) is 4.98 Å². The van der Waals surface area contributed by atoms with Gasteiger partial charge < -0.3 is 9.84 Å². The molecule has 0 saturated carbocycles. The van der Waals surface area contributed by atoms with E-state index in [9.17, 15) is 27.5 Å². The summed E-state index contributed by atoms with van der Waals surface area (Å²) in [6.45, 7) is 1.31. The van der Waals surface area contributed by atoms with Crippen LogP contribution in [0.1, 0.15) is 36.8 Å². The summed E-state index contributed by atoms with van der Waals surface area (Å²) in [5.41, 5.74) is -0.239. The third kappa shape index (κ3) is 5.77. The predicted molar refractivity (Wildman–Crippen MR) is 132 cm³/mol. The van der Waals surface area contributed by atoms with E-state index >= 15 is 0 Å². The number of pyridine rings is 1. The summed E-state index contributed by atoms with van der Waals surface area (Å²) in [6.07, 6.45) is 5.96. The number of fused-ring (bicyclic) bond motifs is 1. The molecular weight excluding hydrogens is 488 g/mol. The molecule has 2 heterocycles. The van der Waals surface area contributed by atoms with Gasteiger partial charge in [-0.2, -0.15) is 0 Å². The maximum absolute atomic E-state index is 14.6. The van der Waals surface area contributed by atoms with Crippen molar-refractivity contribution < 1.29 is 32.2 Å². The van der Waals surface area contributed by atoms with Crippen LogP contribution in [0.25, 0.3) is 17.0 Å². The second kappa shape index (κ2) is 11.3. The molecule has 3 aromatic rings. The number of carbonyl (C=O) groups is 1. The number of aromatic nitrogens is 1. The molecule has 0 spiro atoms. The summed E-state index contributed by atoms with van der Waals surface area (Å²) in [5.74, 6) is -3.94. The van der Waals surface area contributed by atoms with Gasteiger partial charge in [0.15, 0.2) is 11.6 Å². The maximum Gasteiger partial charge on any atom is 0.309 e. The number of ether oxygens (including phenoxy) is 1. The van der Waals surface area contributed by atoms with Crippen molar-refractivity contribution in [1.29, 1.82) is 0 Å². The minimum Gasteiger partial charge on any atom is -0.497 e. The largest absolute Gasteiger partial charge is 0.497 e. The summed E-state index contributed by atoms with van der Waals surface area (Å²) >= 11 is 0. The third-order valence-electron chi connectivity index (χ3n) is 7.21. The highest BCUT2D eigenvalue weighted by Crippen LogP contribution is 2.37. The number of benzene rings is 2. The van der Waals surface area contributed by atoms with E-state index in [1.807, 2.05) is 4.90 Å². The average Bonchev–Trinajstić information content (AvgIpc) is 2.90. The van der Waals surface area contributed by atoms with E-state index in [4.69, 9.17) is 4.74 Å². The van der Waals surface area contributed by atoms with Crippen molar-refractivity contribution in [2.45, 2.75) is 32.1 Å². The Hall–Kier alpha value is -3.46. The van der Waals surface area contributed by atoms with Gasteiger partial charge in [-0.25, -0.2) is 17.6 Å². The molecule has 4 rings (SSSR count). The molecule has 0 bridgehead atoms. The molecule has 1 fully saturated rings. The van der Waals surface area contributed by atoms with Crippen LogP contribution in [0.5, 0.6) is 5.75 Å². The summed E-state index contributed by atoms with van der Waals surface area (Å²) in [7, 11) is 1.53. The highest BCUT2D eigenvalue weighted by atomic mass is 19.2. The molecule has 1 saturated heterocycles. The Morgan fingerprint density at radius 3 is 2.54 bits per heavy atom. The van der Waals surface area contributed by atoms with E-state index in [1.165, 1.54) is 19.4 Å². The van der Waals surface area contributed by atoms with Gasteiger partial charge in [0.2, 0.25) is 0 Å². The molecule has 0 atom stereocenters. The van der Waals surface area contributed by atoms with Crippen LogP contribution in [0, 0.1) is 28.7 Å². The molecule has 1 aliphatic heterocycles. The van der Waals surface area contributed by atoms with Gasteiger partial charge in [0.25, 0.3) is 0 Å². The Morgan fingerprint density at radius 2 is 1.84 bits per heavy atom. The number of aliphatic carboxylic acids is 1. The Bertz CT molecular complexity index is 1320. The molecule has 0 amide bonds. The van der Waals surface area contributed by atoms with E-state index in [-0.39, 0.29) is 0 Å². The van der Waals surface area contributed by atoms with Gasteiger partial charge in [-0.15, -0.1) is 0 Å². The number of carboxylic acid groups (broad SMARTS) is 1. The number of hydrogen-bond acceptors (Lipinski definition) is 4. The highest BCUT2D eigenvalue weighted by molar-refractivity contribution is 5.83. The number of carboxylic acids is 1. The average molecular weight is 517 g/mol. The molecular formula is C28H28F4N2O3. The number of nitrogens with zero attached hydrogens (tertiary/aromatic N) is 2. The standard InChI is InChI=1S/C28H28F4N2O3/c1-37-18-6-9-25-21(16-18)19(24(31)17-33-25)4-2-10-28(27(35)36)11-14-34(15-12-28)13-3-5-20-22(29)7-8-23(30)26(20)32/h3,5-9,16-17H,2,4,10-15H2,1H3,(H,35,36)/b5-3+. The summed E-state index contributed by atoms with van der Waals surface area (Å²) in [5, 5.41) is 10.7. The zero-order valence-electron chi connectivity index (χ0n) is 20.4. The van der Waals surface area contributed by atoms with Crippen LogP contribution in [0.3, 0.4) is 0 Å². The number of likely N-dealkylation sites (tertiary alicyclic amines) is 1. The van der Waals surface area contributed by atoms with Crippen molar-refractivity contribution in [2.75, 3.05) is 26.7 Å². The number of methoxy groups -OCH3 is 1. The molecule has 1 N–H and O–H groups in total. The molecule has 0 unspecified atom stereocenters. The Balaban J connectivity index is 1.38. The van der Waals surface area contributed by atoms with Crippen LogP contribution in [-0.2, 0) is 11.2 Å². The van der Waals surface area contributed by atoms with Crippen LogP contribution < -0.4 is 4.74 Å². The maximum atomic E-state index is 14.6. The molecule has 0 aliphatic carbocycles. The molecule has 1 aromatic heterocycles. The molecule has 0 radical (unpaired) electrons. The zero-order valence-corrected chi connectivity index (χ0v) is 20.4. The fourth-order valence-corrected chi connectivity index (χ4v) is 4.94. The minimum atomic E-state index is -1.24. The van der Waals surface area contributed by atoms with Gasteiger partial charge in [0.1, 0.15) is 17.4 Å². The monoisotopic (exact) mass is 516 g/mol. The topological polar surface area (TPSA) is 62.7 Å². The van der Waals surface area contributed by atoms with Gasteiger partial charge in [0.05, 0.1) is 24.2 Å². The van der Waals surface area contributed by atoms with Crippen molar-refractivity contribution in [2.24, 2.45) is 5.41 Å². The van der Waals surface area contributed by atoms with Gasteiger partial charge in [-0.3, -0.25) is 14.7 Å². The molecule has 196 valence electrons. The normalized spacial score (nSPS) is 15.9. The second-order valence-electron chi connectivity index (χ2n) is 9.37. The Kier molecular flexibility index (Phi) is 8.12. The van der Waals surface area contributed by atoms with E-state index < -0.39 is 40.2 Å². The van der Waals surface area contributed by atoms with E-state index in [0.29, 0.717) is 74.0 Å². The quantitative estimate of drug-likeness (QED) is 0.279. The van der Waals surface area contributed by atoms with Gasteiger partial charge in [-0.05, 0) is 81.1 Å². The molecule has 37 heavy (non-hydrogen) atoms. The zero-order chi connectivity index (χ0) is 26.6. The van der Waals surface area contributed by atoms with Crippen molar-refractivity contribution in [3.8, 4) is 5.75 Å². The van der Waals surface area contributed by atoms with Crippen molar-refractivity contribution in [3.05, 3.63) is 77.0 Å². The number of aryl methyl sites for hydroxylation is 1. The first kappa shape index (κ1) is 26.6. The fraction of sp³-hybridized carbons (Fsp3) is 0.357. The van der Waals surface area contributed by atoms with Gasteiger partial charge in [-0.1, -0.05) is 12.2 Å². The lowest BCUT2D eigenvalue weighted by atomic mass is 9.74. The van der Waals surface area contributed by atoms with Gasteiger partial charge >= 0.3 is 5.97 Å². The van der Waals surface area contributed by atoms with Gasteiger partial charge in [0, 0.05) is 17.5 Å². The van der Waals surface area contributed by atoms with Crippen LogP contribution in [0.15, 0.2) is 42.6 Å². The lowest BCUT2D eigenvalue weighted by molar-refractivity contribution is -0.152. The molecule has 1 aliphatic rings. The van der Waals surface area contributed by atoms with E-state index in [1.54, 1.807) is 24.3 Å². The summed E-state index contributed by atoms with van der Waals surface area (Å²) in [4.78, 5) is 18.4. The third-order valence-corrected chi connectivity index (χ3v) is 7.21. The van der Waals surface area contributed by atoms with E-state index in [0.717, 1.165) is 12.1 Å². The molecule has 2 aromatic carbocycles. The summed E-state index contributed by atoms with van der Waals surface area (Å²) in [6, 6.07) is 6.86. The number of hydrogen-bond donors (Lipinski definition) is 1. The van der Waals surface area contributed by atoms with Crippen LogP contribution in [0.4, 0.5) is 17.6 Å². The number of halogens is 4. The van der Waals surface area contributed by atoms with Crippen LogP contribution in [-0.4, -0.2) is 47.7 Å². The first-order valence-corrected chi connectivity index (χ1v) is 12.1. The molecule has 9 heteroatoms.